The predicted molar refractivity (Wildman–Crippen MR) is 187 cm³/mol. The Kier molecular flexibility index (Phi) is 8.77. The van der Waals surface area contributed by atoms with Crippen LogP contribution in [0, 0.1) is 0 Å². The van der Waals surface area contributed by atoms with Gasteiger partial charge in [0.05, 0.1) is 12.9 Å². The van der Waals surface area contributed by atoms with Crippen LogP contribution in [0.25, 0.3) is 21.9 Å². The molecule has 0 radical (unpaired) electrons. The third-order valence-electron chi connectivity index (χ3n) is 8.79. The van der Waals surface area contributed by atoms with Gasteiger partial charge >= 0.3 is 13.7 Å². The number of esters is 1. The van der Waals surface area contributed by atoms with Crippen LogP contribution in [-0.4, -0.2) is 61.2 Å². The second-order valence-electron chi connectivity index (χ2n) is 13.7. The van der Waals surface area contributed by atoms with Crippen LogP contribution in [0.3, 0.4) is 0 Å². The second kappa shape index (κ2) is 12.9. The van der Waals surface area contributed by atoms with Crippen LogP contribution in [0.1, 0.15) is 46.4 Å². The summed E-state index contributed by atoms with van der Waals surface area (Å²) in [6.07, 6.45) is -1.16. The van der Waals surface area contributed by atoms with Crippen molar-refractivity contribution in [1.82, 2.24) is 24.6 Å². The highest BCUT2D eigenvalue weighted by molar-refractivity contribution is 7.52. The molecule has 0 amide bonds. The Bertz CT molecular complexity index is 2200. The lowest BCUT2D eigenvalue weighted by molar-refractivity contribution is -0.216. The molecule has 2 fully saturated rings. The molecule has 5 aromatic rings. The molecule has 2 aromatic heterocycles. The number of imidazole rings is 1. The van der Waals surface area contributed by atoms with Crippen molar-refractivity contribution < 1.29 is 37.4 Å². The molecule has 51 heavy (non-hydrogen) atoms. The molecule has 2 saturated heterocycles. The molecule has 0 spiro atoms. The minimum absolute atomic E-state index is 0.0140. The van der Waals surface area contributed by atoms with Crippen LogP contribution in [0.4, 0.5) is 5.95 Å². The zero-order valence-corrected chi connectivity index (χ0v) is 29.6. The zero-order valence-electron chi connectivity index (χ0n) is 28.7. The highest BCUT2D eigenvalue weighted by Crippen LogP contribution is 2.54. The van der Waals surface area contributed by atoms with Gasteiger partial charge < -0.3 is 29.2 Å². The summed E-state index contributed by atoms with van der Waals surface area (Å²) in [5.74, 6) is -1.55. The van der Waals surface area contributed by atoms with Gasteiger partial charge in [0.15, 0.2) is 23.2 Å². The van der Waals surface area contributed by atoms with Crippen LogP contribution in [-0.2, 0) is 39.4 Å². The molecule has 1 unspecified atom stereocenters. The van der Waals surface area contributed by atoms with Gasteiger partial charge in [0.2, 0.25) is 5.95 Å². The first-order valence-corrected chi connectivity index (χ1v) is 17.9. The van der Waals surface area contributed by atoms with Crippen molar-refractivity contribution in [2.75, 3.05) is 12.3 Å². The van der Waals surface area contributed by atoms with Crippen molar-refractivity contribution in [2.45, 2.75) is 76.6 Å². The van der Waals surface area contributed by atoms with Gasteiger partial charge in [-0.2, -0.15) is 10.1 Å². The van der Waals surface area contributed by atoms with E-state index in [9.17, 15) is 14.2 Å². The minimum Gasteiger partial charge on any atom is -0.459 e. The van der Waals surface area contributed by atoms with E-state index in [1.165, 1.54) is 20.2 Å². The lowest BCUT2D eigenvalue weighted by Crippen LogP contribution is -2.47. The molecule has 2 aliphatic rings. The monoisotopic (exact) mass is 718 g/mol. The number of rotatable bonds is 11. The summed E-state index contributed by atoms with van der Waals surface area (Å²) in [5, 5.41) is 4.37. The molecule has 0 saturated carbocycles. The van der Waals surface area contributed by atoms with E-state index in [-0.39, 0.29) is 36.1 Å². The number of nitrogens with one attached hydrogen (secondary N) is 2. The number of aromatic amines is 1. The van der Waals surface area contributed by atoms with Gasteiger partial charge in [0, 0.05) is 5.39 Å². The summed E-state index contributed by atoms with van der Waals surface area (Å²) in [6.45, 7) is 8.07. The molecule has 3 aromatic carbocycles. The van der Waals surface area contributed by atoms with Gasteiger partial charge in [-0.1, -0.05) is 66.7 Å². The molecule has 2 aliphatic heterocycles. The SMILES string of the molecule is CC1(C)O[C@@H]2[C@@H](COP(=O)(NC(C)(C)C(=O)OCc3ccccc3)Oc3cccc4ccccc34)O[C@@H](n3cnc4c(=O)[nH]c(N)nc43)[C@]2(C)O1. The van der Waals surface area contributed by atoms with E-state index in [0.717, 1.165) is 10.9 Å². The maximum atomic E-state index is 14.9. The number of nitrogen functional groups attached to an aromatic ring is 1. The smallest absolute Gasteiger partial charge is 0.459 e. The molecule has 16 heteroatoms. The first kappa shape index (κ1) is 34.8. The van der Waals surface area contributed by atoms with E-state index >= 15 is 0 Å². The first-order valence-electron chi connectivity index (χ1n) is 16.3. The van der Waals surface area contributed by atoms with Crippen LogP contribution >= 0.6 is 7.75 Å². The van der Waals surface area contributed by atoms with Gasteiger partial charge in [-0.05, 0) is 51.6 Å². The molecule has 268 valence electrons. The fraction of sp³-hybridized carbons (Fsp3) is 0.371. The lowest BCUT2D eigenvalue weighted by Gasteiger charge is -2.30. The van der Waals surface area contributed by atoms with Crippen molar-refractivity contribution in [3.8, 4) is 5.75 Å². The molecular weight excluding hydrogens is 679 g/mol. The van der Waals surface area contributed by atoms with Crippen LogP contribution in [0.15, 0.2) is 83.9 Å². The molecule has 15 nitrogen and oxygen atoms in total. The molecule has 0 bridgehead atoms. The molecule has 5 atom stereocenters. The molecular formula is C35H39N6O9P. The third-order valence-corrected chi connectivity index (χ3v) is 10.6. The highest BCUT2D eigenvalue weighted by Gasteiger charge is 2.64. The Morgan fingerprint density at radius 1 is 1.08 bits per heavy atom. The van der Waals surface area contributed by atoms with Crippen LogP contribution in [0.2, 0.25) is 0 Å². The summed E-state index contributed by atoms with van der Waals surface area (Å²) in [5.41, 5.74) is 3.69. The molecule has 0 aliphatic carbocycles. The average molecular weight is 719 g/mol. The third kappa shape index (κ3) is 6.76. The van der Waals surface area contributed by atoms with Crippen molar-refractivity contribution in [1.29, 1.82) is 0 Å². The Morgan fingerprint density at radius 3 is 2.59 bits per heavy atom. The molecule has 7 rings (SSSR count). The van der Waals surface area contributed by atoms with Crippen molar-refractivity contribution in [3.05, 3.63) is 95.0 Å². The molecule has 4 heterocycles. The number of hydrogen-bond donors (Lipinski definition) is 3. The topological polar surface area (TPSA) is 191 Å². The normalized spacial score (nSPS) is 24.0. The highest BCUT2D eigenvalue weighted by atomic mass is 31.2. The minimum atomic E-state index is -4.41. The predicted octanol–water partition coefficient (Wildman–Crippen LogP) is 4.98. The van der Waals surface area contributed by atoms with Crippen LogP contribution in [0.5, 0.6) is 5.75 Å². The summed E-state index contributed by atoms with van der Waals surface area (Å²) < 4.78 is 53.6. The maximum Gasteiger partial charge on any atom is 0.459 e. The fourth-order valence-electron chi connectivity index (χ4n) is 6.57. The van der Waals surface area contributed by atoms with Gasteiger partial charge in [0.25, 0.3) is 5.56 Å². The number of benzene rings is 3. The number of fused-ring (bicyclic) bond motifs is 3. The largest absolute Gasteiger partial charge is 0.459 e. The van der Waals surface area contributed by atoms with Crippen LogP contribution < -0.4 is 20.9 Å². The molecule has 4 N–H and O–H groups in total. The van der Waals surface area contributed by atoms with Gasteiger partial charge in [-0.15, -0.1) is 0 Å². The summed E-state index contributed by atoms with van der Waals surface area (Å²) >= 11 is 0. The maximum absolute atomic E-state index is 14.9. The summed E-state index contributed by atoms with van der Waals surface area (Å²) in [4.78, 5) is 36.9. The number of anilines is 1. The summed E-state index contributed by atoms with van der Waals surface area (Å²) in [7, 11) is -4.41. The summed E-state index contributed by atoms with van der Waals surface area (Å²) in [6, 6.07) is 22.0. The van der Waals surface area contributed by atoms with Gasteiger partial charge in [-0.25, -0.2) is 9.55 Å². The Labute approximate surface area is 292 Å². The van der Waals surface area contributed by atoms with E-state index in [0.29, 0.717) is 5.39 Å². The number of ether oxygens (including phenoxy) is 4. The van der Waals surface area contributed by atoms with Crippen molar-refractivity contribution >= 4 is 41.6 Å². The Hall–Kier alpha value is -4.63. The number of nitrogens with zero attached hydrogens (tertiary/aromatic N) is 3. The number of carbonyl (C=O) groups excluding carboxylic acids is 1. The number of carbonyl (C=O) groups is 1. The number of aromatic nitrogens is 4. The van der Waals surface area contributed by atoms with E-state index in [1.807, 2.05) is 60.7 Å². The van der Waals surface area contributed by atoms with Crippen molar-refractivity contribution in [3.63, 3.8) is 0 Å². The second-order valence-corrected chi connectivity index (χ2v) is 15.3. The number of hydrogen-bond acceptors (Lipinski definition) is 12. The number of nitrogens with two attached hydrogens (primary N) is 1. The van der Waals surface area contributed by atoms with Gasteiger partial charge in [-0.3, -0.25) is 23.7 Å². The van der Waals surface area contributed by atoms with E-state index < -0.39 is 54.6 Å². The quantitative estimate of drug-likeness (QED) is 0.123. The standard InChI is InChI=1S/C35H39N6O9P/c1-33(2,31(43)45-18-21-12-7-6-8-13-21)40-51(44,49-24-17-11-15-22-14-9-10-16-23(22)24)46-19-25-27-35(5,50-34(3,4)48-27)30(47-25)41-20-37-26-28(41)38-32(36)39-29(26)42/h6-17,20,25,27,30H,18-19H2,1-5H3,(H,40,44)(H3,36,38,39,42)/t25-,27-,30-,35-,51?/m1/s1. The number of H-pyrrole nitrogens is 1. The first-order chi connectivity index (χ1) is 24.2. The fourth-order valence-corrected chi connectivity index (χ4v) is 8.28. The Morgan fingerprint density at radius 2 is 1.80 bits per heavy atom. The Balaban J connectivity index is 1.19. The van der Waals surface area contributed by atoms with E-state index in [2.05, 4.69) is 20.0 Å². The van der Waals surface area contributed by atoms with Crippen molar-refractivity contribution in [2.24, 2.45) is 0 Å². The van der Waals surface area contributed by atoms with E-state index in [1.54, 1.807) is 37.5 Å². The van der Waals surface area contributed by atoms with E-state index in [4.69, 9.17) is 33.7 Å². The lowest BCUT2D eigenvalue weighted by atomic mass is 9.96. The van der Waals surface area contributed by atoms with Gasteiger partial charge in [0.1, 0.15) is 35.7 Å². The average Bonchev–Trinajstić information content (AvgIpc) is 3.69. The zero-order chi connectivity index (χ0) is 36.2.